The minimum atomic E-state index is -0.0710. The summed E-state index contributed by atoms with van der Waals surface area (Å²) in [4.78, 5) is 5.07. The van der Waals surface area contributed by atoms with Gasteiger partial charge in [0.05, 0.1) is 11.4 Å². The minimum Gasteiger partial charge on any atom is -0.311 e. The molecule has 11 rings (SSSR count). The van der Waals surface area contributed by atoms with Crippen LogP contribution in [0.25, 0.3) is 44.5 Å². The van der Waals surface area contributed by atoms with E-state index >= 15 is 0 Å². The van der Waals surface area contributed by atoms with E-state index in [2.05, 4.69) is 234 Å². The van der Waals surface area contributed by atoms with Crippen molar-refractivity contribution in [3.63, 3.8) is 0 Å². The van der Waals surface area contributed by atoms with E-state index in [9.17, 15) is 0 Å². The Morgan fingerprint density at radius 1 is 0.281 bits per heavy atom. The average molecular weight is 725 g/mol. The van der Waals surface area contributed by atoms with Crippen LogP contribution in [0.15, 0.2) is 224 Å². The molecule has 0 amide bonds. The van der Waals surface area contributed by atoms with E-state index in [0.717, 1.165) is 11.4 Å². The number of benzene rings is 9. The van der Waals surface area contributed by atoms with Crippen molar-refractivity contribution in [2.24, 2.45) is 0 Å². The first kappa shape index (κ1) is 33.0. The Balaban J connectivity index is 1.34. The highest BCUT2D eigenvalue weighted by molar-refractivity contribution is 7.00. The van der Waals surface area contributed by atoms with Gasteiger partial charge in [0.25, 0.3) is 6.71 Å². The standard InChI is InChI=1S/C54H37BN2/c1-7-19-38(20-8-1)42-31-33-50-48(35-42)55-49-36-43(39-21-9-2-10-22-39)32-34-51(49)57(45-29-17-6-18-30-45)54-47(41-25-13-4-14-26-41)37-46(40-23-11-3-12-24-40)53(52(54)55)56(50)44-27-15-5-16-28-44/h1-37H. The molecule has 0 spiro atoms. The zero-order valence-corrected chi connectivity index (χ0v) is 31.3. The lowest BCUT2D eigenvalue weighted by atomic mass is 9.33. The Morgan fingerprint density at radius 2 is 0.614 bits per heavy atom. The van der Waals surface area contributed by atoms with Crippen molar-refractivity contribution in [1.29, 1.82) is 0 Å². The second kappa shape index (κ2) is 13.7. The predicted molar refractivity (Wildman–Crippen MR) is 242 cm³/mol. The lowest BCUT2D eigenvalue weighted by Gasteiger charge is -2.46. The molecule has 0 atom stereocenters. The second-order valence-corrected chi connectivity index (χ2v) is 14.9. The summed E-state index contributed by atoms with van der Waals surface area (Å²) in [6.45, 7) is -0.0710. The van der Waals surface area contributed by atoms with Gasteiger partial charge in [-0.25, -0.2) is 0 Å². The Labute approximate surface area is 334 Å². The van der Waals surface area contributed by atoms with Gasteiger partial charge < -0.3 is 9.80 Å². The quantitative estimate of drug-likeness (QED) is 0.158. The second-order valence-electron chi connectivity index (χ2n) is 14.9. The molecule has 2 heterocycles. The van der Waals surface area contributed by atoms with Gasteiger partial charge in [-0.2, -0.15) is 0 Å². The Kier molecular flexibility index (Phi) is 7.96. The maximum atomic E-state index is 2.53. The van der Waals surface area contributed by atoms with E-state index in [1.165, 1.54) is 83.6 Å². The highest BCUT2D eigenvalue weighted by atomic mass is 15.2. The van der Waals surface area contributed by atoms with E-state index in [1.807, 2.05) is 0 Å². The maximum absolute atomic E-state index is 2.53. The molecule has 0 bridgehead atoms. The average Bonchev–Trinajstić information content (AvgIpc) is 3.30. The highest BCUT2D eigenvalue weighted by Gasteiger charge is 2.46. The van der Waals surface area contributed by atoms with Crippen LogP contribution in [0.4, 0.5) is 34.1 Å². The molecule has 2 nitrogen and oxygen atoms in total. The summed E-state index contributed by atoms with van der Waals surface area (Å²) in [5.74, 6) is 0. The molecule has 0 aliphatic carbocycles. The third kappa shape index (κ3) is 5.51. The summed E-state index contributed by atoms with van der Waals surface area (Å²) in [5, 5.41) is 0. The third-order valence-corrected chi connectivity index (χ3v) is 11.6. The van der Waals surface area contributed by atoms with Crippen molar-refractivity contribution in [3.8, 4) is 44.5 Å². The zero-order chi connectivity index (χ0) is 37.7. The van der Waals surface area contributed by atoms with E-state index in [4.69, 9.17) is 0 Å². The van der Waals surface area contributed by atoms with Crippen LogP contribution in [0.2, 0.25) is 0 Å². The topological polar surface area (TPSA) is 6.48 Å². The fourth-order valence-corrected chi connectivity index (χ4v) is 9.12. The van der Waals surface area contributed by atoms with Gasteiger partial charge in [-0.1, -0.05) is 182 Å². The van der Waals surface area contributed by atoms with Crippen molar-refractivity contribution in [2.45, 2.75) is 0 Å². The Hall–Kier alpha value is -7.36. The van der Waals surface area contributed by atoms with Crippen LogP contribution >= 0.6 is 0 Å². The number of para-hydroxylation sites is 2. The maximum Gasteiger partial charge on any atom is 0.252 e. The molecule has 57 heavy (non-hydrogen) atoms. The molecule has 3 heteroatoms. The largest absolute Gasteiger partial charge is 0.311 e. The van der Waals surface area contributed by atoms with Gasteiger partial charge >= 0.3 is 0 Å². The van der Waals surface area contributed by atoms with Gasteiger partial charge in [0, 0.05) is 33.9 Å². The van der Waals surface area contributed by atoms with Crippen LogP contribution in [-0.4, -0.2) is 6.71 Å². The minimum absolute atomic E-state index is 0.0710. The predicted octanol–water partition coefficient (Wildman–Crippen LogP) is 12.4. The zero-order valence-electron chi connectivity index (χ0n) is 31.3. The van der Waals surface area contributed by atoms with Crippen LogP contribution in [0.3, 0.4) is 0 Å². The molecular weight excluding hydrogens is 687 g/mol. The number of anilines is 6. The van der Waals surface area contributed by atoms with Crippen molar-refractivity contribution in [1.82, 2.24) is 0 Å². The summed E-state index contributed by atoms with van der Waals surface area (Å²) < 4.78 is 0. The van der Waals surface area contributed by atoms with Crippen LogP contribution in [0, 0.1) is 0 Å². The lowest BCUT2D eigenvalue weighted by molar-refractivity contribution is 1.25. The summed E-state index contributed by atoms with van der Waals surface area (Å²) >= 11 is 0. The molecule has 9 aromatic rings. The number of nitrogens with zero attached hydrogens (tertiary/aromatic N) is 2. The smallest absolute Gasteiger partial charge is 0.252 e. The monoisotopic (exact) mass is 724 g/mol. The fraction of sp³-hybridized carbons (Fsp3) is 0. The van der Waals surface area contributed by atoms with Crippen molar-refractivity contribution in [3.05, 3.63) is 224 Å². The summed E-state index contributed by atoms with van der Waals surface area (Å²) in [6.07, 6.45) is 0. The Morgan fingerprint density at radius 3 is 0.982 bits per heavy atom. The summed E-state index contributed by atoms with van der Waals surface area (Å²) in [6, 6.07) is 82.1. The van der Waals surface area contributed by atoms with Crippen molar-refractivity contribution < 1.29 is 0 Å². The Bertz CT molecular complexity index is 2680. The SMILES string of the molecule is c1ccc(-c2ccc3c(c2)B2c4cc(-c5ccccc5)ccc4N(c4ccccc4)c4c(-c5ccccc5)cc(-c5ccccc5)c(c42)N3c2ccccc2)cc1. The van der Waals surface area contributed by atoms with Gasteiger partial charge in [-0.15, -0.1) is 0 Å². The van der Waals surface area contributed by atoms with E-state index in [0.29, 0.717) is 0 Å². The van der Waals surface area contributed by atoms with Crippen LogP contribution in [0.5, 0.6) is 0 Å². The van der Waals surface area contributed by atoms with Crippen LogP contribution in [0.1, 0.15) is 0 Å². The van der Waals surface area contributed by atoms with Gasteiger partial charge in [-0.05, 0) is 92.2 Å². The summed E-state index contributed by atoms with van der Waals surface area (Å²) in [5.41, 5.74) is 20.6. The first-order chi connectivity index (χ1) is 28.3. The first-order valence-corrected chi connectivity index (χ1v) is 19.7. The van der Waals surface area contributed by atoms with E-state index in [1.54, 1.807) is 0 Å². The fourth-order valence-electron chi connectivity index (χ4n) is 9.12. The molecule has 266 valence electrons. The molecule has 0 radical (unpaired) electrons. The number of rotatable bonds is 6. The molecule has 2 aliphatic heterocycles. The molecule has 0 N–H and O–H groups in total. The van der Waals surface area contributed by atoms with E-state index in [-0.39, 0.29) is 6.71 Å². The van der Waals surface area contributed by atoms with Crippen LogP contribution < -0.4 is 26.2 Å². The van der Waals surface area contributed by atoms with Gasteiger partial charge in [0.1, 0.15) is 0 Å². The molecule has 2 aliphatic rings. The van der Waals surface area contributed by atoms with Gasteiger partial charge in [0.15, 0.2) is 0 Å². The first-order valence-electron chi connectivity index (χ1n) is 19.7. The van der Waals surface area contributed by atoms with E-state index < -0.39 is 0 Å². The van der Waals surface area contributed by atoms with Gasteiger partial charge in [-0.3, -0.25) is 0 Å². The summed E-state index contributed by atoms with van der Waals surface area (Å²) in [7, 11) is 0. The lowest BCUT2D eigenvalue weighted by Crippen LogP contribution is -2.61. The number of hydrogen-bond acceptors (Lipinski definition) is 2. The van der Waals surface area contributed by atoms with Crippen LogP contribution in [-0.2, 0) is 0 Å². The van der Waals surface area contributed by atoms with Gasteiger partial charge in [0.2, 0.25) is 0 Å². The molecular formula is C54H37BN2. The molecule has 0 saturated heterocycles. The number of hydrogen-bond donors (Lipinski definition) is 0. The molecule has 0 saturated carbocycles. The third-order valence-electron chi connectivity index (χ3n) is 11.6. The normalized spacial score (nSPS) is 12.5. The molecule has 9 aromatic carbocycles. The molecule has 0 aromatic heterocycles. The number of fused-ring (bicyclic) bond motifs is 4. The molecule has 0 fully saturated rings. The highest BCUT2D eigenvalue weighted by Crippen LogP contribution is 2.51. The molecule has 0 unspecified atom stereocenters. The van der Waals surface area contributed by atoms with Crippen molar-refractivity contribution >= 4 is 57.2 Å². The van der Waals surface area contributed by atoms with Crippen molar-refractivity contribution in [2.75, 3.05) is 9.80 Å².